The maximum absolute atomic E-state index is 10.6. The Morgan fingerprint density at radius 3 is 2.06 bits per heavy atom. The summed E-state index contributed by atoms with van der Waals surface area (Å²) in [7, 11) is 4.10. The lowest BCUT2D eigenvalue weighted by Gasteiger charge is -2.30. The molecule has 3 rings (SSSR count). The van der Waals surface area contributed by atoms with Crippen molar-refractivity contribution in [3.05, 3.63) is 34.9 Å². The number of benzene rings is 1. The Bertz CT molecular complexity index is 869. The number of carboxylic acids is 2. The number of carboxylic acid groups (broad SMARTS) is 2. The number of methoxy groups -OCH3 is 1. The van der Waals surface area contributed by atoms with E-state index in [1.165, 1.54) is 49.3 Å². The molecule has 2 atom stereocenters. The summed E-state index contributed by atoms with van der Waals surface area (Å²) in [6, 6.07) is 6.83. The smallest absolute Gasteiger partial charge is 0.475 e. The van der Waals surface area contributed by atoms with Crippen molar-refractivity contribution < 1.29 is 50.9 Å². The first-order chi connectivity index (χ1) is 16.4. The van der Waals surface area contributed by atoms with Gasteiger partial charge in [-0.05, 0) is 45.0 Å². The van der Waals surface area contributed by atoms with Crippen molar-refractivity contribution in [1.29, 1.82) is 0 Å². The van der Waals surface area contributed by atoms with E-state index in [1.54, 1.807) is 0 Å². The topological polar surface area (TPSA) is 90.3 Å². The maximum Gasteiger partial charge on any atom is 0.490 e. The second-order valence-corrected chi connectivity index (χ2v) is 9.21. The Balaban J connectivity index is 0.000000383. The van der Waals surface area contributed by atoms with Gasteiger partial charge in [0.15, 0.2) is 0 Å². The van der Waals surface area contributed by atoms with Gasteiger partial charge in [0.2, 0.25) is 0 Å². The van der Waals surface area contributed by atoms with Crippen LogP contribution in [0.4, 0.5) is 26.3 Å². The van der Waals surface area contributed by atoms with Crippen LogP contribution in [0.2, 0.25) is 0 Å². The van der Waals surface area contributed by atoms with Crippen molar-refractivity contribution in [2.75, 3.05) is 46.9 Å². The Hall–Kier alpha value is -2.38. The third-order valence-corrected chi connectivity index (χ3v) is 6.20. The second kappa shape index (κ2) is 12.7. The minimum absolute atomic E-state index is 0.447. The van der Waals surface area contributed by atoms with Crippen molar-refractivity contribution >= 4 is 11.9 Å². The Labute approximate surface area is 205 Å². The lowest BCUT2D eigenvalue weighted by molar-refractivity contribution is -0.193. The third kappa shape index (κ3) is 9.58. The first kappa shape index (κ1) is 31.6. The summed E-state index contributed by atoms with van der Waals surface area (Å²) in [6.45, 7) is 11.3. The zero-order chi connectivity index (χ0) is 27.9. The van der Waals surface area contributed by atoms with E-state index >= 15 is 0 Å². The lowest BCUT2D eigenvalue weighted by Crippen LogP contribution is -2.36. The molecule has 0 radical (unpaired) electrons. The van der Waals surface area contributed by atoms with E-state index in [2.05, 4.69) is 48.9 Å². The molecule has 36 heavy (non-hydrogen) atoms. The molecular weight excluding hydrogens is 498 g/mol. The number of carbonyl (C=O) groups is 2. The Kier molecular flexibility index (Phi) is 11.2. The molecule has 1 spiro atoms. The highest BCUT2D eigenvalue weighted by Crippen LogP contribution is 2.43. The maximum atomic E-state index is 10.6. The fourth-order valence-electron chi connectivity index (χ4n) is 4.52. The molecule has 0 unspecified atom stereocenters. The van der Waals surface area contributed by atoms with Gasteiger partial charge in [0.1, 0.15) is 0 Å². The first-order valence-corrected chi connectivity index (χ1v) is 11.0. The van der Waals surface area contributed by atoms with Gasteiger partial charge in [-0.15, -0.1) is 0 Å². The van der Waals surface area contributed by atoms with Crippen LogP contribution >= 0.6 is 0 Å². The van der Waals surface area contributed by atoms with Gasteiger partial charge in [-0.25, -0.2) is 9.59 Å². The van der Waals surface area contributed by atoms with Gasteiger partial charge in [-0.3, -0.25) is 4.90 Å². The summed E-state index contributed by atoms with van der Waals surface area (Å²) in [4.78, 5) is 22.9. The summed E-state index contributed by atoms with van der Waals surface area (Å²) in [6.07, 6.45) is -8.85. The minimum atomic E-state index is -5.08. The molecule has 0 saturated carbocycles. The van der Waals surface area contributed by atoms with Crippen LogP contribution in [0.1, 0.15) is 23.1 Å². The van der Waals surface area contributed by atoms with Crippen molar-refractivity contribution in [2.45, 2.75) is 39.2 Å². The second-order valence-electron chi connectivity index (χ2n) is 9.21. The molecule has 206 valence electrons. The van der Waals surface area contributed by atoms with E-state index in [0.29, 0.717) is 11.3 Å². The van der Waals surface area contributed by atoms with E-state index in [-0.39, 0.29) is 0 Å². The van der Waals surface area contributed by atoms with Crippen LogP contribution in [0, 0.1) is 25.2 Å². The predicted octanol–water partition coefficient (Wildman–Crippen LogP) is 3.97. The molecule has 1 aromatic rings. The number of halogens is 6. The number of aryl methyl sites for hydroxylation is 2. The molecular formula is C23H32F6N2O5. The molecule has 0 amide bonds. The molecule has 2 aliphatic heterocycles. The van der Waals surface area contributed by atoms with Gasteiger partial charge >= 0.3 is 24.3 Å². The van der Waals surface area contributed by atoms with Crippen molar-refractivity contribution in [1.82, 2.24) is 9.80 Å². The quantitative estimate of drug-likeness (QED) is 0.570. The van der Waals surface area contributed by atoms with E-state index in [9.17, 15) is 26.3 Å². The number of rotatable bonds is 4. The normalized spacial score (nSPS) is 22.6. The van der Waals surface area contributed by atoms with Crippen LogP contribution < -0.4 is 0 Å². The summed E-state index contributed by atoms with van der Waals surface area (Å²) >= 11 is 0. The lowest BCUT2D eigenvalue weighted by atomic mass is 9.77. The average Bonchev–Trinajstić information content (AvgIpc) is 3.27. The predicted molar refractivity (Wildman–Crippen MR) is 118 cm³/mol. The first-order valence-electron chi connectivity index (χ1n) is 11.0. The van der Waals surface area contributed by atoms with Gasteiger partial charge < -0.3 is 19.8 Å². The van der Waals surface area contributed by atoms with Crippen LogP contribution in [0.25, 0.3) is 0 Å². The number of aliphatic carboxylic acids is 2. The molecule has 0 aromatic heterocycles. The van der Waals surface area contributed by atoms with E-state index in [0.717, 1.165) is 13.2 Å². The number of likely N-dealkylation sites (tertiary alicyclic amines) is 2. The number of hydrogen-bond donors (Lipinski definition) is 2. The van der Waals surface area contributed by atoms with Crippen LogP contribution in [-0.4, -0.2) is 91.2 Å². The standard InChI is InChI=1S/C19H30N2O.2C2HF3O2/c1-15-5-6-16(2)17(9-15)10-21-8-7-19(14-21)13-20(3)11-18(19)12-22-4;2*3-2(4,5)1(6)7/h5-6,9,18H,7-8,10-14H2,1-4H3;2*(H,6,7)/t18-,19-;;/m1../s1. The van der Waals surface area contributed by atoms with Crippen molar-refractivity contribution in [2.24, 2.45) is 11.3 Å². The van der Waals surface area contributed by atoms with E-state index in [4.69, 9.17) is 24.5 Å². The largest absolute Gasteiger partial charge is 0.490 e. The Morgan fingerprint density at radius 2 is 1.58 bits per heavy atom. The molecule has 13 heteroatoms. The molecule has 7 nitrogen and oxygen atoms in total. The van der Waals surface area contributed by atoms with Crippen molar-refractivity contribution in [3.8, 4) is 0 Å². The van der Waals surface area contributed by atoms with E-state index in [1.807, 2.05) is 7.11 Å². The van der Waals surface area contributed by atoms with Crippen LogP contribution in [0.15, 0.2) is 18.2 Å². The molecule has 2 fully saturated rings. The highest BCUT2D eigenvalue weighted by molar-refractivity contribution is 5.73. The zero-order valence-electron chi connectivity index (χ0n) is 20.5. The molecule has 1 aromatic carbocycles. The van der Waals surface area contributed by atoms with Crippen molar-refractivity contribution in [3.63, 3.8) is 0 Å². The van der Waals surface area contributed by atoms with E-state index < -0.39 is 24.3 Å². The summed E-state index contributed by atoms with van der Waals surface area (Å²) in [5, 5.41) is 14.2. The summed E-state index contributed by atoms with van der Waals surface area (Å²) < 4.78 is 69.0. The number of ether oxygens (including phenoxy) is 1. The SMILES string of the molecule is COC[C@H]1CN(C)C[C@@]12CCN(Cc1cc(C)ccc1C)C2.O=C(O)C(F)(F)F.O=C(O)C(F)(F)F. The number of alkyl halides is 6. The van der Waals surface area contributed by atoms with Crippen LogP contribution in [0.3, 0.4) is 0 Å². The van der Waals surface area contributed by atoms with Crippen LogP contribution in [-0.2, 0) is 20.9 Å². The monoisotopic (exact) mass is 530 g/mol. The fourth-order valence-corrected chi connectivity index (χ4v) is 4.52. The molecule has 2 aliphatic rings. The molecule has 0 aliphatic carbocycles. The summed E-state index contributed by atoms with van der Waals surface area (Å²) in [5.74, 6) is -4.83. The number of hydrogen-bond acceptors (Lipinski definition) is 5. The zero-order valence-corrected chi connectivity index (χ0v) is 20.5. The highest BCUT2D eigenvalue weighted by atomic mass is 19.4. The van der Waals surface area contributed by atoms with Gasteiger partial charge in [0.25, 0.3) is 0 Å². The molecule has 2 N–H and O–H groups in total. The molecule has 2 saturated heterocycles. The van der Waals surface area contributed by atoms with Gasteiger partial charge in [0, 0.05) is 44.6 Å². The number of nitrogens with zero attached hydrogens (tertiary/aromatic N) is 2. The van der Waals surface area contributed by atoms with Crippen LogP contribution in [0.5, 0.6) is 0 Å². The highest BCUT2D eigenvalue weighted by Gasteiger charge is 2.49. The van der Waals surface area contributed by atoms with Gasteiger partial charge in [-0.2, -0.15) is 26.3 Å². The average molecular weight is 531 g/mol. The molecule has 0 bridgehead atoms. The fraction of sp³-hybridized carbons (Fsp3) is 0.652. The molecule has 2 heterocycles. The summed E-state index contributed by atoms with van der Waals surface area (Å²) in [5.41, 5.74) is 4.73. The Morgan fingerprint density at radius 1 is 1.06 bits per heavy atom. The third-order valence-electron chi connectivity index (χ3n) is 6.20. The van der Waals surface area contributed by atoms with Gasteiger partial charge in [0.05, 0.1) is 6.61 Å². The minimum Gasteiger partial charge on any atom is -0.475 e. The van der Waals surface area contributed by atoms with Gasteiger partial charge in [-0.1, -0.05) is 23.8 Å².